The van der Waals surface area contributed by atoms with Gasteiger partial charge >= 0.3 is 0 Å². The van der Waals surface area contributed by atoms with Crippen LogP contribution in [0.15, 0.2) is 35.5 Å². The van der Waals surface area contributed by atoms with Crippen LogP contribution in [0.3, 0.4) is 0 Å². The lowest BCUT2D eigenvalue weighted by Gasteiger charge is -2.35. The zero-order chi connectivity index (χ0) is 24.4. The van der Waals surface area contributed by atoms with Crippen molar-refractivity contribution in [3.05, 3.63) is 51.5 Å². The Hall–Kier alpha value is -3.27. The summed E-state index contributed by atoms with van der Waals surface area (Å²) in [6.45, 7) is 4.26. The van der Waals surface area contributed by atoms with Gasteiger partial charge in [0.1, 0.15) is 17.2 Å². The fraction of sp³-hybridized carbons (Fsp3) is 0.480. The maximum absolute atomic E-state index is 13.2. The molecule has 0 aromatic carbocycles. The molecule has 1 N–H and O–H groups in total. The Morgan fingerprint density at radius 2 is 1.86 bits per heavy atom. The van der Waals surface area contributed by atoms with Crippen LogP contribution in [0.2, 0.25) is 0 Å². The quantitative estimate of drug-likeness (QED) is 0.585. The summed E-state index contributed by atoms with van der Waals surface area (Å²) >= 11 is 1.25. The number of amides is 2. The predicted octanol–water partition coefficient (Wildman–Crippen LogP) is 2.57. The number of aromatic nitrogens is 3. The number of nitrogens with zero attached hydrogens (tertiary/aromatic N) is 5. The second-order valence-corrected chi connectivity index (χ2v) is 10.3. The SMILES string of the molecule is Cc1c(C(=O)NC2CCCCC2)sc2ncn(CC(=O)N3CCN(c4ccccn4)CC3)c(=O)c12. The van der Waals surface area contributed by atoms with E-state index in [0.717, 1.165) is 31.5 Å². The highest BCUT2D eigenvalue weighted by atomic mass is 32.1. The maximum Gasteiger partial charge on any atom is 0.262 e. The molecule has 1 saturated carbocycles. The van der Waals surface area contributed by atoms with E-state index in [-0.39, 0.29) is 30.0 Å². The van der Waals surface area contributed by atoms with Crippen molar-refractivity contribution in [1.82, 2.24) is 24.8 Å². The molecule has 0 atom stereocenters. The van der Waals surface area contributed by atoms with Crippen molar-refractivity contribution in [2.75, 3.05) is 31.1 Å². The minimum Gasteiger partial charge on any atom is -0.353 e. The van der Waals surface area contributed by atoms with Gasteiger partial charge in [-0.05, 0) is 37.5 Å². The molecule has 4 heterocycles. The van der Waals surface area contributed by atoms with Crippen LogP contribution in [0, 0.1) is 6.92 Å². The molecule has 0 radical (unpaired) electrons. The van der Waals surface area contributed by atoms with Gasteiger partial charge in [-0.2, -0.15) is 0 Å². The number of rotatable bonds is 5. The van der Waals surface area contributed by atoms with Crippen LogP contribution < -0.4 is 15.8 Å². The van der Waals surface area contributed by atoms with Crippen LogP contribution in [0.1, 0.15) is 47.3 Å². The summed E-state index contributed by atoms with van der Waals surface area (Å²) in [5.41, 5.74) is 0.363. The molecule has 10 heteroatoms. The van der Waals surface area contributed by atoms with Gasteiger partial charge in [0.25, 0.3) is 11.5 Å². The second-order valence-electron chi connectivity index (χ2n) is 9.28. The Balaban J connectivity index is 1.27. The Kier molecular flexibility index (Phi) is 6.81. The summed E-state index contributed by atoms with van der Waals surface area (Å²) in [6.07, 6.45) is 8.67. The predicted molar refractivity (Wildman–Crippen MR) is 136 cm³/mol. The molecule has 5 rings (SSSR count). The van der Waals surface area contributed by atoms with E-state index in [4.69, 9.17) is 0 Å². The summed E-state index contributed by atoms with van der Waals surface area (Å²) in [6, 6.07) is 5.99. The number of piperazine rings is 1. The lowest BCUT2D eigenvalue weighted by Crippen LogP contribution is -2.50. The molecular weight excluding hydrogens is 464 g/mol. The minimum atomic E-state index is -0.277. The van der Waals surface area contributed by atoms with Gasteiger partial charge in [0.2, 0.25) is 5.91 Å². The van der Waals surface area contributed by atoms with Gasteiger partial charge in [0.05, 0.1) is 16.6 Å². The van der Waals surface area contributed by atoms with Crippen molar-refractivity contribution in [3.8, 4) is 0 Å². The highest BCUT2D eigenvalue weighted by molar-refractivity contribution is 7.20. The molecule has 0 spiro atoms. The summed E-state index contributed by atoms with van der Waals surface area (Å²) in [4.78, 5) is 52.9. The van der Waals surface area contributed by atoms with Crippen LogP contribution in [-0.2, 0) is 11.3 Å². The Bertz CT molecular complexity index is 1270. The lowest BCUT2D eigenvalue weighted by molar-refractivity contribution is -0.132. The summed E-state index contributed by atoms with van der Waals surface area (Å²) in [7, 11) is 0. The van der Waals surface area contributed by atoms with Crippen LogP contribution in [0.5, 0.6) is 0 Å². The second kappa shape index (κ2) is 10.2. The molecule has 1 aliphatic carbocycles. The molecule has 9 nitrogen and oxygen atoms in total. The average molecular weight is 495 g/mol. The molecule has 0 unspecified atom stereocenters. The zero-order valence-corrected chi connectivity index (χ0v) is 20.7. The standard InChI is InChI=1S/C25H30N6O3S/c1-17-21-24(35-22(17)23(33)28-18-7-3-2-4-8-18)27-16-31(25(21)34)15-20(32)30-13-11-29(12-14-30)19-9-5-6-10-26-19/h5-6,9-10,16,18H,2-4,7-8,11-15H2,1H3,(H,28,33). The van der Waals surface area contributed by atoms with E-state index in [9.17, 15) is 14.4 Å². The number of thiophene rings is 1. The molecule has 35 heavy (non-hydrogen) atoms. The molecule has 2 fully saturated rings. The van der Waals surface area contributed by atoms with Crippen molar-refractivity contribution >= 4 is 39.2 Å². The largest absolute Gasteiger partial charge is 0.353 e. The number of fused-ring (bicyclic) bond motifs is 1. The molecule has 1 aliphatic heterocycles. The first-order valence-corrected chi connectivity index (χ1v) is 13.1. The number of nitrogens with one attached hydrogen (secondary N) is 1. The van der Waals surface area contributed by atoms with Gasteiger partial charge in [0, 0.05) is 38.4 Å². The summed E-state index contributed by atoms with van der Waals surface area (Å²) < 4.78 is 1.36. The normalized spacial score (nSPS) is 17.1. The van der Waals surface area contributed by atoms with Gasteiger partial charge in [-0.25, -0.2) is 9.97 Å². The van der Waals surface area contributed by atoms with Crippen molar-refractivity contribution in [2.24, 2.45) is 0 Å². The van der Waals surface area contributed by atoms with E-state index in [2.05, 4.69) is 20.2 Å². The Labute approximate surface area is 207 Å². The van der Waals surface area contributed by atoms with Gasteiger partial charge in [-0.15, -0.1) is 11.3 Å². The molecule has 3 aromatic heterocycles. The van der Waals surface area contributed by atoms with Crippen molar-refractivity contribution < 1.29 is 9.59 Å². The lowest BCUT2D eigenvalue weighted by atomic mass is 9.95. The van der Waals surface area contributed by atoms with Crippen LogP contribution in [-0.4, -0.2) is 63.5 Å². The van der Waals surface area contributed by atoms with Gasteiger partial charge in [-0.3, -0.25) is 19.0 Å². The first kappa shape index (κ1) is 23.5. The first-order valence-electron chi connectivity index (χ1n) is 12.2. The Morgan fingerprint density at radius 1 is 1.09 bits per heavy atom. The highest BCUT2D eigenvalue weighted by Gasteiger charge is 2.25. The number of hydrogen-bond acceptors (Lipinski definition) is 7. The third-order valence-electron chi connectivity index (χ3n) is 6.98. The first-order chi connectivity index (χ1) is 17.0. The highest BCUT2D eigenvalue weighted by Crippen LogP contribution is 2.27. The van der Waals surface area contributed by atoms with E-state index < -0.39 is 0 Å². The monoisotopic (exact) mass is 494 g/mol. The van der Waals surface area contributed by atoms with E-state index in [1.807, 2.05) is 18.2 Å². The number of carbonyl (C=O) groups excluding carboxylic acids is 2. The number of pyridine rings is 1. The molecule has 3 aromatic rings. The molecule has 184 valence electrons. The zero-order valence-electron chi connectivity index (χ0n) is 19.9. The third kappa shape index (κ3) is 4.93. The fourth-order valence-corrected chi connectivity index (χ4v) is 6.00. The molecular formula is C25H30N6O3S. The third-order valence-corrected chi connectivity index (χ3v) is 8.17. The number of anilines is 1. The van der Waals surface area contributed by atoms with Crippen LogP contribution >= 0.6 is 11.3 Å². The minimum absolute atomic E-state index is 0.0652. The number of hydrogen-bond donors (Lipinski definition) is 1. The van der Waals surface area contributed by atoms with Crippen molar-refractivity contribution in [3.63, 3.8) is 0 Å². The van der Waals surface area contributed by atoms with E-state index in [0.29, 0.717) is 46.8 Å². The Morgan fingerprint density at radius 3 is 2.57 bits per heavy atom. The van der Waals surface area contributed by atoms with Gasteiger partial charge in [-0.1, -0.05) is 25.3 Å². The van der Waals surface area contributed by atoms with Crippen LogP contribution in [0.4, 0.5) is 5.82 Å². The summed E-state index contributed by atoms with van der Waals surface area (Å²) in [5, 5.41) is 3.56. The van der Waals surface area contributed by atoms with Crippen molar-refractivity contribution in [1.29, 1.82) is 0 Å². The van der Waals surface area contributed by atoms with Gasteiger partial charge < -0.3 is 15.1 Å². The summed E-state index contributed by atoms with van der Waals surface area (Å²) in [5.74, 6) is 0.656. The molecule has 1 saturated heterocycles. The van der Waals surface area contributed by atoms with E-state index in [1.54, 1.807) is 18.0 Å². The van der Waals surface area contributed by atoms with E-state index >= 15 is 0 Å². The smallest absolute Gasteiger partial charge is 0.262 e. The van der Waals surface area contributed by atoms with E-state index in [1.165, 1.54) is 28.7 Å². The maximum atomic E-state index is 13.2. The van der Waals surface area contributed by atoms with Crippen molar-refractivity contribution in [2.45, 2.75) is 51.6 Å². The average Bonchev–Trinajstić information content (AvgIpc) is 3.24. The molecule has 2 aliphatic rings. The molecule has 0 bridgehead atoms. The number of carbonyl (C=O) groups is 2. The fourth-order valence-electron chi connectivity index (χ4n) is 4.96. The van der Waals surface area contributed by atoms with Gasteiger partial charge in [0.15, 0.2) is 0 Å². The number of aryl methyl sites for hydroxylation is 1. The molecule has 2 amide bonds. The van der Waals surface area contributed by atoms with Crippen LogP contribution in [0.25, 0.3) is 10.2 Å². The topological polar surface area (TPSA) is 100 Å².